The largest absolute Gasteiger partial charge is 0.381 e. The third kappa shape index (κ3) is 3.64. The van der Waals surface area contributed by atoms with E-state index in [0.717, 1.165) is 18.7 Å². The molecule has 0 radical (unpaired) electrons. The predicted octanol–water partition coefficient (Wildman–Crippen LogP) is 4.67. The van der Waals surface area contributed by atoms with Crippen molar-refractivity contribution in [1.29, 1.82) is 0 Å². The summed E-state index contributed by atoms with van der Waals surface area (Å²) in [4.78, 5) is 3.96. The van der Waals surface area contributed by atoms with E-state index in [1.54, 1.807) is 12.4 Å². The molecule has 1 aliphatic carbocycles. The second-order valence-electron chi connectivity index (χ2n) is 6.18. The van der Waals surface area contributed by atoms with Crippen molar-refractivity contribution in [2.24, 2.45) is 0 Å². The summed E-state index contributed by atoms with van der Waals surface area (Å²) in [5, 5.41) is 10.4. The average Bonchev–Trinajstić information content (AvgIpc) is 3.30. The Kier molecular flexibility index (Phi) is 4.74. The highest BCUT2D eigenvalue weighted by molar-refractivity contribution is 5.72. The van der Waals surface area contributed by atoms with Gasteiger partial charge in [-0.25, -0.2) is 0 Å². The van der Waals surface area contributed by atoms with Crippen molar-refractivity contribution >= 4 is 5.69 Å². The number of nitrogens with zero attached hydrogens (tertiary/aromatic N) is 2. The lowest BCUT2D eigenvalue weighted by Crippen LogP contribution is -1.98. The number of fused-ring (bicyclic) bond motifs is 3. The molecule has 0 atom stereocenters. The number of hydrogen-bond acceptors (Lipinski definition) is 3. The molecule has 4 heteroatoms. The van der Waals surface area contributed by atoms with Crippen LogP contribution in [0, 0.1) is 0 Å². The highest BCUT2D eigenvalue weighted by Crippen LogP contribution is 2.33. The van der Waals surface area contributed by atoms with E-state index < -0.39 is 0 Å². The molecule has 1 aliphatic rings. The van der Waals surface area contributed by atoms with Crippen molar-refractivity contribution in [3.05, 3.63) is 102 Å². The van der Waals surface area contributed by atoms with Gasteiger partial charge in [-0.2, -0.15) is 5.10 Å². The first kappa shape index (κ1) is 16.1. The third-order valence-electron chi connectivity index (χ3n) is 4.41. The van der Waals surface area contributed by atoms with Gasteiger partial charge in [-0.05, 0) is 23.3 Å². The standard InChI is InChI=1S/C12H12N2.C10H8N2/c1-2-4-11(5-3-1)10-14-12-6-8-13-9-7-12;1-2-4-9-7(3-1)5-8-6-11-12-10(8)9/h1-9H,10H2,(H,13,14);1-4,6H,5H2,(H,11,12). The fourth-order valence-corrected chi connectivity index (χ4v) is 3.07. The molecule has 0 spiro atoms. The topological polar surface area (TPSA) is 53.6 Å². The summed E-state index contributed by atoms with van der Waals surface area (Å²) in [7, 11) is 0. The van der Waals surface area contributed by atoms with Crippen LogP contribution in [0.15, 0.2) is 85.3 Å². The Morgan fingerprint density at radius 2 is 1.62 bits per heavy atom. The van der Waals surface area contributed by atoms with Crippen LogP contribution in [0.1, 0.15) is 16.7 Å². The zero-order chi connectivity index (χ0) is 17.6. The number of nitrogens with one attached hydrogen (secondary N) is 2. The second kappa shape index (κ2) is 7.66. The maximum absolute atomic E-state index is 4.02. The fourth-order valence-electron chi connectivity index (χ4n) is 3.07. The molecule has 0 unspecified atom stereocenters. The first-order valence-corrected chi connectivity index (χ1v) is 8.68. The molecule has 128 valence electrons. The summed E-state index contributed by atoms with van der Waals surface area (Å²) in [6, 6.07) is 22.7. The maximum atomic E-state index is 4.02. The smallest absolute Gasteiger partial charge is 0.0688 e. The van der Waals surface area contributed by atoms with Gasteiger partial charge in [-0.1, -0.05) is 54.6 Å². The SMILES string of the molecule is c1ccc(CNc2ccncc2)cc1.c1ccc2c(c1)Cc1cn[nH]c1-2. The van der Waals surface area contributed by atoms with Gasteiger partial charge in [0.2, 0.25) is 0 Å². The van der Waals surface area contributed by atoms with Crippen molar-refractivity contribution in [3.8, 4) is 11.3 Å². The van der Waals surface area contributed by atoms with Gasteiger partial charge >= 0.3 is 0 Å². The van der Waals surface area contributed by atoms with Crippen molar-refractivity contribution in [2.45, 2.75) is 13.0 Å². The summed E-state index contributed by atoms with van der Waals surface area (Å²) in [6.07, 6.45) is 6.51. The number of hydrogen-bond donors (Lipinski definition) is 2. The molecule has 5 rings (SSSR count). The van der Waals surface area contributed by atoms with Gasteiger partial charge in [0.1, 0.15) is 0 Å². The molecule has 0 saturated heterocycles. The van der Waals surface area contributed by atoms with E-state index in [4.69, 9.17) is 0 Å². The highest BCUT2D eigenvalue weighted by Gasteiger charge is 2.18. The van der Waals surface area contributed by atoms with Crippen molar-refractivity contribution in [1.82, 2.24) is 15.2 Å². The fraction of sp³-hybridized carbons (Fsp3) is 0.0909. The summed E-state index contributed by atoms with van der Waals surface area (Å²) in [5.74, 6) is 0. The lowest BCUT2D eigenvalue weighted by atomic mass is 10.1. The molecule has 0 amide bonds. The number of aromatic nitrogens is 3. The molecule has 0 bridgehead atoms. The van der Waals surface area contributed by atoms with Gasteiger partial charge in [0, 0.05) is 42.2 Å². The molecule has 0 aliphatic heterocycles. The van der Waals surface area contributed by atoms with E-state index >= 15 is 0 Å². The molecule has 2 heterocycles. The zero-order valence-electron chi connectivity index (χ0n) is 14.4. The molecule has 2 N–H and O–H groups in total. The van der Waals surface area contributed by atoms with E-state index in [0.29, 0.717) is 0 Å². The summed E-state index contributed by atoms with van der Waals surface area (Å²) in [6.45, 7) is 0.852. The molecule has 2 aromatic carbocycles. The number of anilines is 1. The Balaban J connectivity index is 0.000000130. The summed E-state index contributed by atoms with van der Waals surface area (Å²) >= 11 is 0. The molecule has 26 heavy (non-hydrogen) atoms. The second-order valence-corrected chi connectivity index (χ2v) is 6.18. The lowest BCUT2D eigenvalue weighted by molar-refractivity contribution is 1.09. The lowest BCUT2D eigenvalue weighted by Gasteiger charge is -2.05. The molecular formula is C22H20N4. The highest BCUT2D eigenvalue weighted by atomic mass is 15.1. The van der Waals surface area contributed by atoms with E-state index in [-0.39, 0.29) is 0 Å². The van der Waals surface area contributed by atoms with Crippen molar-refractivity contribution in [2.75, 3.05) is 5.32 Å². The Morgan fingerprint density at radius 3 is 2.46 bits per heavy atom. The van der Waals surface area contributed by atoms with Crippen LogP contribution in [-0.2, 0) is 13.0 Å². The number of benzene rings is 2. The van der Waals surface area contributed by atoms with Crippen LogP contribution >= 0.6 is 0 Å². The van der Waals surface area contributed by atoms with Gasteiger partial charge < -0.3 is 5.32 Å². The number of aromatic amines is 1. The van der Waals surface area contributed by atoms with Crippen LogP contribution in [0.25, 0.3) is 11.3 Å². The van der Waals surface area contributed by atoms with E-state index in [1.807, 2.05) is 36.5 Å². The first-order valence-electron chi connectivity index (χ1n) is 8.68. The van der Waals surface area contributed by atoms with Crippen LogP contribution in [0.2, 0.25) is 0 Å². The minimum Gasteiger partial charge on any atom is -0.381 e. The van der Waals surface area contributed by atoms with Gasteiger partial charge in [0.15, 0.2) is 0 Å². The molecule has 2 aromatic heterocycles. The Morgan fingerprint density at radius 1 is 0.846 bits per heavy atom. The molecule has 4 nitrogen and oxygen atoms in total. The third-order valence-corrected chi connectivity index (χ3v) is 4.41. The molecule has 0 saturated carbocycles. The van der Waals surface area contributed by atoms with Crippen LogP contribution in [0.5, 0.6) is 0 Å². The minimum absolute atomic E-state index is 0.852. The van der Waals surface area contributed by atoms with Crippen LogP contribution < -0.4 is 5.32 Å². The average molecular weight is 340 g/mol. The normalized spacial score (nSPS) is 11.1. The summed E-state index contributed by atoms with van der Waals surface area (Å²) in [5.41, 5.74) is 7.61. The van der Waals surface area contributed by atoms with Gasteiger partial charge in [0.05, 0.1) is 11.9 Å². The van der Waals surface area contributed by atoms with Crippen LogP contribution in [0.4, 0.5) is 5.69 Å². The first-order chi connectivity index (χ1) is 12.9. The van der Waals surface area contributed by atoms with Crippen molar-refractivity contribution in [3.63, 3.8) is 0 Å². The monoisotopic (exact) mass is 340 g/mol. The van der Waals surface area contributed by atoms with E-state index in [9.17, 15) is 0 Å². The zero-order valence-corrected chi connectivity index (χ0v) is 14.4. The van der Waals surface area contributed by atoms with Crippen LogP contribution in [0.3, 0.4) is 0 Å². The van der Waals surface area contributed by atoms with Gasteiger partial charge in [-0.3, -0.25) is 10.1 Å². The Hall–Kier alpha value is -3.40. The Labute approximate surface area is 152 Å². The Bertz CT molecular complexity index is 922. The van der Waals surface area contributed by atoms with Crippen molar-refractivity contribution < 1.29 is 0 Å². The number of rotatable bonds is 3. The molecule has 4 aromatic rings. The van der Waals surface area contributed by atoms with Crippen LogP contribution in [-0.4, -0.2) is 15.2 Å². The molecule has 0 fully saturated rings. The number of pyridine rings is 1. The predicted molar refractivity (Wildman–Crippen MR) is 105 cm³/mol. The van der Waals surface area contributed by atoms with Gasteiger partial charge in [0.25, 0.3) is 0 Å². The maximum Gasteiger partial charge on any atom is 0.0688 e. The number of H-pyrrole nitrogens is 1. The minimum atomic E-state index is 0.852. The van der Waals surface area contributed by atoms with E-state index in [1.165, 1.54) is 27.9 Å². The molecular weight excluding hydrogens is 320 g/mol. The van der Waals surface area contributed by atoms with Gasteiger partial charge in [-0.15, -0.1) is 0 Å². The quantitative estimate of drug-likeness (QED) is 0.502. The summed E-state index contributed by atoms with van der Waals surface area (Å²) < 4.78 is 0. The van der Waals surface area contributed by atoms with E-state index in [2.05, 4.69) is 56.9 Å².